The Morgan fingerprint density at radius 1 is 1.35 bits per heavy atom. The van der Waals surface area contributed by atoms with Gasteiger partial charge in [-0.2, -0.15) is 0 Å². The molecule has 3 rings (SSSR count). The molecule has 2 heterocycles. The first-order valence-electron chi connectivity index (χ1n) is 7.34. The van der Waals surface area contributed by atoms with Crippen LogP contribution in [0.2, 0.25) is 0 Å². The second-order valence-corrected chi connectivity index (χ2v) is 5.43. The number of ether oxygens (including phenoxy) is 1. The molecule has 0 spiro atoms. The average Bonchev–Trinajstić information content (AvgIpc) is 2.56. The highest BCUT2D eigenvalue weighted by Crippen LogP contribution is 2.16. The van der Waals surface area contributed by atoms with Crippen LogP contribution in [0.25, 0.3) is 0 Å². The maximum atomic E-state index is 12.2. The maximum Gasteiger partial charge on any atom is 0.270 e. The number of nitrogens with zero attached hydrogens (tertiary/aromatic N) is 2. The summed E-state index contributed by atoms with van der Waals surface area (Å²) in [6.45, 7) is 0.996. The monoisotopic (exact) mass is 314 g/mol. The van der Waals surface area contributed by atoms with Gasteiger partial charge in [0.2, 0.25) is 5.95 Å². The molecule has 0 fully saturated rings. The van der Waals surface area contributed by atoms with Crippen LogP contribution in [0, 0.1) is 0 Å². The van der Waals surface area contributed by atoms with Gasteiger partial charge >= 0.3 is 0 Å². The molecule has 0 radical (unpaired) electrons. The smallest absolute Gasteiger partial charge is 0.270 e. The van der Waals surface area contributed by atoms with Crippen molar-refractivity contribution in [3.05, 3.63) is 51.4 Å². The van der Waals surface area contributed by atoms with E-state index in [9.17, 15) is 9.59 Å². The van der Waals surface area contributed by atoms with Gasteiger partial charge in [-0.05, 0) is 24.1 Å². The number of H-pyrrole nitrogens is 1. The van der Waals surface area contributed by atoms with E-state index in [2.05, 4.69) is 15.3 Å². The molecule has 120 valence electrons. The molecule has 7 heteroatoms. The average molecular weight is 314 g/mol. The molecule has 0 saturated carbocycles. The SMILES string of the molecule is COc1cccc(CN(C)c2nc3c(c(=O)[nH]2)CCNC3=O)c1. The van der Waals surface area contributed by atoms with Gasteiger partial charge in [-0.3, -0.25) is 14.6 Å². The highest BCUT2D eigenvalue weighted by molar-refractivity contribution is 5.94. The van der Waals surface area contributed by atoms with E-state index >= 15 is 0 Å². The summed E-state index contributed by atoms with van der Waals surface area (Å²) in [6.07, 6.45) is 0.503. The fourth-order valence-electron chi connectivity index (χ4n) is 2.59. The Labute approximate surface area is 133 Å². The summed E-state index contributed by atoms with van der Waals surface area (Å²) in [6, 6.07) is 7.65. The normalized spacial score (nSPS) is 13.2. The molecule has 0 aliphatic carbocycles. The van der Waals surface area contributed by atoms with Crippen LogP contribution in [0.3, 0.4) is 0 Å². The van der Waals surface area contributed by atoms with Crippen molar-refractivity contribution in [2.24, 2.45) is 0 Å². The van der Waals surface area contributed by atoms with Gasteiger partial charge in [0.25, 0.3) is 11.5 Å². The maximum absolute atomic E-state index is 12.2. The lowest BCUT2D eigenvalue weighted by Gasteiger charge is -2.21. The first-order valence-corrected chi connectivity index (χ1v) is 7.34. The van der Waals surface area contributed by atoms with Crippen molar-refractivity contribution in [1.29, 1.82) is 0 Å². The summed E-state index contributed by atoms with van der Waals surface area (Å²) >= 11 is 0. The third-order valence-corrected chi connectivity index (χ3v) is 3.79. The molecule has 0 saturated heterocycles. The number of aromatic nitrogens is 2. The van der Waals surface area contributed by atoms with Crippen molar-refractivity contribution in [2.75, 3.05) is 25.6 Å². The first-order chi connectivity index (χ1) is 11.1. The number of methoxy groups -OCH3 is 1. The number of nitrogens with one attached hydrogen (secondary N) is 2. The summed E-state index contributed by atoms with van der Waals surface area (Å²) in [5, 5.41) is 2.71. The zero-order chi connectivity index (χ0) is 16.4. The van der Waals surface area contributed by atoms with Crippen LogP contribution in [0.5, 0.6) is 5.75 Å². The zero-order valence-electron chi connectivity index (χ0n) is 13.0. The summed E-state index contributed by atoms with van der Waals surface area (Å²) in [5.41, 5.74) is 1.42. The molecule has 1 aliphatic rings. The van der Waals surface area contributed by atoms with E-state index in [-0.39, 0.29) is 17.2 Å². The number of benzene rings is 1. The van der Waals surface area contributed by atoms with Gasteiger partial charge in [0.15, 0.2) is 0 Å². The van der Waals surface area contributed by atoms with Gasteiger partial charge in [0.1, 0.15) is 11.4 Å². The minimum atomic E-state index is -0.298. The van der Waals surface area contributed by atoms with Crippen LogP contribution in [0.15, 0.2) is 29.1 Å². The van der Waals surface area contributed by atoms with Crippen molar-refractivity contribution < 1.29 is 9.53 Å². The molecule has 0 unspecified atom stereocenters. The molecule has 1 aliphatic heterocycles. The van der Waals surface area contributed by atoms with E-state index < -0.39 is 0 Å². The molecule has 2 N–H and O–H groups in total. The zero-order valence-corrected chi connectivity index (χ0v) is 13.0. The molecular weight excluding hydrogens is 296 g/mol. The molecule has 0 bridgehead atoms. The third-order valence-electron chi connectivity index (χ3n) is 3.79. The third kappa shape index (κ3) is 3.03. The highest BCUT2D eigenvalue weighted by atomic mass is 16.5. The molecule has 1 aromatic carbocycles. The van der Waals surface area contributed by atoms with Crippen LogP contribution in [0.4, 0.5) is 5.95 Å². The van der Waals surface area contributed by atoms with Gasteiger partial charge < -0.3 is 15.0 Å². The van der Waals surface area contributed by atoms with E-state index in [1.165, 1.54) is 0 Å². The fraction of sp³-hybridized carbons (Fsp3) is 0.312. The molecule has 23 heavy (non-hydrogen) atoms. The highest BCUT2D eigenvalue weighted by Gasteiger charge is 2.23. The van der Waals surface area contributed by atoms with E-state index in [1.807, 2.05) is 31.3 Å². The van der Waals surface area contributed by atoms with Gasteiger partial charge in [-0.1, -0.05) is 12.1 Å². The molecule has 7 nitrogen and oxygen atoms in total. The lowest BCUT2D eigenvalue weighted by atomic mass is 10.1. The molecule has 1 aromatic heterocycles. The summed E-state index contributed by atoms with van der Waals surface area (Å²) in [7, 11) is 3.43. The van der Waals surface area contributed by atoms with Crippen LogP contribution in [-0.2, 0) is 13.0 Å². The van der Waals surface area contributed by atoms with Crippen molar-refractivity contribution >= 4 is 11.9 Å². The predicted octanol–water partition coefficient (Wildman–Crippen LogP) is 0.701. The standard InChI is InChI=1S/C16H18N4O3/c1-20(9-10-4-3-5-11(8-10)23-2)16-18-13-12(14(21)19-16)6-7-17-15(13)22/h3-5,8H,6-7,9H2,1-2H3,(H,17,22)(H,18,19,21). The van der Waals surface area contributed by atoms with Crippen LogP contribution in [0.1, 0.15) is 21.6 Å². The van der Waals surface area contributed by atoms with Crippen molar-refractivity contribution in [3.63, 3.8) is 0 Å². The summed E-state index contributed by atoms with van der Waals surface area (Å²) in [4.78, 5) is 32.9. The molecule has 1 amide bonds. The Hall–Kier alpha value is -2.83. The minimum Gasteiger partial charge on any atom is -0.497 e. The van der Waals surface area contributed by atoms with Crippen LogP contribution >= 0.6 is 0 Å². The number of hydrogen-bond donors (Lipinski definition) is 2. The molecule has 0 atom stereocenters. The number of carbonyl (C=O) groups excluding carboxylic acids is 1. The Balaban J connectivity index is 1.89. The van der Waals surface area contributed by atoms with Crippen molar-refractivity contribution in [2.45, 2.75) is 13.0 Å². The molecule has 2 aromatic rings. The topological polar surface area (TPSA) is 87.3 Å². The minimum absolute atomic E-state index is 0.215. The quantitative estimate of drug-likeness (QED) is 0.867. The van der Waals surface area contributed by atoms with Crippen molar-refractivity contribution in [1.82, 2.24) is 15.3 Å². The Morgan fingerprint density at radius 2 is 2.17 bits per heavy atom. The van der Waals surface area contributed by atoms with E-state index in [1.54, 1.807) is 12.0 Å². The number of fused-ring (bicyclic) bond motifs is 1. The van der Waals surface area contributed by atoms with Gasteiger partial charge in [-0.25, -0.2) is 4.98 Å². The lowest BCUT2D eigenvalue weighted by Crippen LogP contribution is -2.38. The van der Waals surface area contributed by atoms with E-state index in [0.29, 0.717) is 31.0 Å². The van der Waals surface area contributed by atoms with Crippen LogP contribution in [-0.4, -0.2) is 36.6 Å². The lowest BCUT2D eigenvalue weighted by molar-refractivity contribution is 0.0940. The Bertz CT molecular complexity index is 800. The number of aromatic amines is 1. The number of amides is 1. The van der Waals surface area contributed by atoms with E-state index in [0.717, 1.165) is 11.3 Å². The van der Waals surface area contributed by atoms with Crippen molar-refractivity contribution in [3.8, 4) is 5.75 Å². The van der Waals surface area contributed by atoms with E-state index in [4.69, 9.17) is 4.74 Å². The predicted molar refractivity (Wildman–Crippen MR) is 86.0 cm³/mol. The van der Waals surface area contributed by atoms with Gasteiger partial charge in [0.05, 0.1) is 12.7 Å². The van der Waals surface area contributed by atoms with Crippen LogP contribution < -0.4 is 20.5 Å². The Kier molecular flexibility index (Phi) is 4.01. The van der Waals surface area contributed by atoms with Gasteiger partial charge in [-0.15, -0.1) is 0 Å². The fourth-order valence-corrected chi connectivity index (χ4v) is 2.59. The van der Waals surface area contributed by atoms with Gasteiger partial charge in [0, 0.05) is 20.1 Å². The second-order valence-electron chi connectivity index (χ2n) is 5.43. The number of carbonyl (C=O) groups is 1. The summed E-state index contributed by atoms with van der Waals surface area (Å²) in [5.74, 6) is 0.837. The Morgan fingerprint density at radius 3 is 2.96 bits per heavy atom. The first kappa shape index (κ1) is 15.1. The largest absolute Gasteiger partial charge is 0.497 e. The summed E-state index contributed by atoms with van der Waals surface area (Å²) < 4.78 is 5.20. The number of rotatable bonds is 4. The molecular formula is C16H18N4O3. The number of hydrogen-bond acceptors (Lipinski definition) is 5. The number of anilines is 1. The second kappa shape index (κ2) is 6.12.